The second-order valence-corrected chi connectivity index (χ2v) is 4.33. The van der Waals surface area contributed by atoms with Crippen LogP contribution in [0.4, 0.5) is 5.69 Å². The molecule has 0 saturated heterocycles. The van der Waals surface area contributed by atoms with Crippen LogP contribution in [0.3, 0.4) is 0 Å². The van der Waals surface area contributed by atoms with Crippen LogP contribution in [0.25, 0.3) is 11.1 Å². The molecule has 2 aromatic carbocycles. The third-order valence-electron chi connectivity index (χ3n) is 2.83. The Morgan fingerprint density at radius 3 is 2.00 bits per heavy atom. The molecule has 0 radical (unpaired) electrons. The number of hydrogen-bond donors (Lipinski definition) is 1. The Kier molecular flexibility index (Phi) is 2.95. The Hall–Kier alpha value is -1.76. The number of hydrogen-bond acceptors (Lipinski definition) is 1. The molecule has 0 fully saturated rings. The van der Waals surface area contributed by atoms with Gasteiger partial charge in [0.05, 0.1) is 0 Å². The molecule has 16 heavy (non-hydrogen) atoms. The Bertz CT molecular complexity index is 486. The highest BCUT2D eigenvalue weighted by atomic mass is 14.6. The highest BCUT2D eigenvalue weighted by Crippen LogP contribution is 2.32. The Morgan fingerprint density at radius 1 is 0.812 bits per heavy atom. The molecule has 1 nitrogen and oxygen atoms in total. The van der Waals surface area contributed by atoms with Crippen molar-refractivity contribution in [2.24, 2.45) is 0 Å². The fraction of sp³-hybridized carbons (Fsp3) is 0.200. The topological polar surface area (TPSA) is 26.0 Å². The third kappa shape index (κ3) is 1.94. The smallest absolute Gasteiger partial charge is 0.0393 e. The van der Waals surface area contributed by atoms with Crippen LogP contribution in [-0.4, -0.2) is 0 Å². The third-order valence-corrected chi connectivity index (χ3v) is 2.83. The molecule has 0 bridgehead atoms. The number of nitrogen functional groups attached to an aromatic ring is 1. The maximum Gasteiger partial charge on any atom is 0.0393 e. The highest BCUT2D eigenvalue weighted by molar-refractivity contribution is 5.78. The summed E-state index contributed by atoms with van der Waals surface area (Å²) in [7, 11) is 0. The predicted molar refractivity (Wildman–Crippen MR) is 70.4 cm³/mol. The van der Waals surface area contributed by atoms with Gasteiger partial charge in [0.2, 0.25) is 0 Å². The van der Waals surface area contributed by atoms with Crippen molar-refractivity contribution in [1.82, 2.24) is 0 Å². The first-order chi connectivity index (χ1) is 7.70. The van der Waals surface area contributed by atoms with E-state index in [9.17, 15) is 0 Å². The minimum atomic E-state index is 0.510. The molecule has 0 heterocycles. The van der Waals surface area contributed by atoms with E-state index >= 15 is 0 Å². The van der Waals surface area contributed by atoms with Gasteiger partial charge in [-0.25, -0.2) is 0 Å². The van der Waals surface area contributed by atoms with E-state index in [0.717, 1.165) is 11.3 Å². The molecule has 0 aliphatic rings. The maximum atomic E-state index is 6.02. The Balaban J connectivity index is 2.60. The van der Waals surface area contributed by atoms with E-state index < -0.39 is 0 Å². The number of rotatable bonds is 2. The van der Waals surface area contributed by atoms with Gasteiger partial charge in [0.25, 0.3) is 0 Å². The van der Waals surface area contributed by atoms with Crippen LogP contribution >= 0.6 is 0 Å². The Morgan fingerprint density at radius 2 is 1.38 bits per heavy atom. The van der Waals surface area contributed by atoms with Crippen molar-refractivity contribution >= 4 is 5.69 Å². The summed E-state index contributed by atoms with van der Waals surface area (Å²) < 4.78 is 0. The summed E-state index contributed by atoms with van der Waals surface area (Å²) in [6, 6.07) is 16.5. The first kappa shape index (κ1) is 10.7. The monoisotopic (exact) mass is 211 g/mol. The van der Waals surface area contributed by atoms with E-state index in [0.29, 0.717) is 5.92 Å². The molecule has 0 aliphatic heterocycles. The lowest BCUT2D eigenvalue weighted by atomic mass is 9.92. The average Bonchev–Trinajstić information content (AvgIpc) is 2.29. The quantitative estimate of drug-likeness (QED) is 0.745. The van der Waals surface area contributed by atoms with Crippen LogP contribution in [0.1, 0.15) is 25.3 Å². The molecule has 82 valence electrons. The molecule has 1 heteroatoms. The van der Waals surface area contributed by atoms with E-state index in [2.05, 4.69) is 44.2 Å². The van der Waals surface area contributed by atoms with E-state index in [1.807, 2.05) is 18.2 Å². The van der Waals surface area contributed by atoms with Crippen molar-refractivity contribution in [3.05, 3.63) is 54.1 Å². The molecule has 0 unspecified atom stereocenters. The van der Waals surface area contributed by atoms with E-state index in [-0.39, 0.29) is 0 Å². The summed E-state index contributed by atoms with van der Waals surface area (Å²) >= 11 is 0. The van der Waals surface area contributed by atoms with Crippen LogP contribution in [0.2, 0.25) is 0 Å². The second-order valence-electron chi connectivity index (χ2n) is 4.33. The molecule has 0 saturated carbocycles. The second kappa shape index (κ2) is 4.40. The molecule has 2 rings (SSSR count). The van der Waals surface area contributed by atoms with Crippen molar-refractivity contribution < 1.29 is 0 Å². The highest BCUT2D eigenvalue weighted by Gasteiger charge is 2.09. The summed E-state index contributed by atoms with van der Waals surface area (Å²) in [6.07, 6.45) is 0. The summed E-state index contributed by atoms with van der Waals surface area (Å²) in [4.78, 5) is 0. The number of nitrogens with two attached hydrogens (primary N) is 1. The van der Waals surface area contributed by atoms with Gasteiger partial charge in [-0.3, -0.25) is 0 Å². The van der Waals surface area contributed by atoms with E-state index in [1.54, 1.807) is 0 Å². The lowest BCUT2D eigenvalue weighted by molar-refractivity contribution is 0.869. The predicted octanol–water partition coefficient (Wildman–Crippen LogP) is 4.06. The van der Waals surface area contributed by atoms with Crippen LogP contribution < -0.4 is 5.73 Å². The minimum Gasteiger partial charge on any atom is -0.398 e. The molecular weight excluding hydrogens is 194 g/mol. The van der Waals surface area contributed by atoms with Crippen molar-refractivity contribution in [2.75, 3.05) is 5.73 Å². The molecule has 0 aromatic heterocycles. The molecule has 2 N–H and O–H groups in total. The zero-order valence-corrected chi connectivity index (χ0v) is 9.77. The lowest BCUT2D eigenvalue weighted by Gasteiger charge is -2.14. The molecule has 0 amide bonds. The van der Waals surface area contributed by atoms with Crippen molar-refractivity contribution in [3.63, 3.8) is 0 Å². The summed E-state index contributed by atoms with van der Waals surface area (Å²) in [5.41, 5.74) is 10.6. The van der Waals surface area contributed by atoms with Crippen molar-refractivity contribution in [3.8, 4) is 11.1 Å². The SMILES string of the molecule is CC(C)c1ccccc1-c1ccccc1N. The van der Waals surface area contributed by atoms with Crippen LogP contribution in [0.5, 0.6) is 0 Å². The largest absolute Gasteiger partial charge is 0.398 e. The summed E-state index contributed by atoms with van der Waals surface area (Å²) in [6.45, 7) is 4.41. The van der Waals surface area contributed by atoms with Gasteiger partial charge in [0, 0.05) is 11.3 Å². The standard InChI is InChI=1S/C15H17N/c1-11(2)12-7-3-4-8-13(12)14-9-5-6-10-15(14)16/h3-11H,16H2,1-2H3. The average molecular weight is 211 g/mol. The number of para-hydroxylation sites is 1. The first-order valence-electron chi connectivity index (χ1n) is 5.64. The first-order valence-corrected chi connectivity index (χ1v) is 5.64. The van der Waals surface area contributed by atoms with Gasteiger partial charge in [0.1, 0.15) is 0 Å². The van der Waals surface area contributed by atoms with Gasteiger partial charge in [-0.2, -0.15) is 0 Å². The van der Waals surface area contributed by atoms with Crippen molar-refractivity contribution in [2.45, 2.75) is 19.8 Å². The molecular formula is C15H17N. The molecule has 0 aliphatic carbocycles. The minimum absolute atomic E-state index is 0.510. The Labute approximate surface area is 96.9 Å². The lowest BCUT2D eigenvalue weighted by Crippen LogP contribution is -1.95. The normalized spacial score (nSPS) is 10.7. The fourth-order valence-corrected chi connectivity index (χ4v) is 1.99. The van der Waals surface area contributed by atoms with Gasteiger partial charge in [-0.15, -0.1) is 0 Å². The number of benzene rings is 2. The van der Waals surface area contributed by atoms with Gasteiger partial charge in [0.15, 0.2) is 0 Å². The van der Waals surface area contributed by atoms with E-state index in [1.165, 1.54) is 11.1 Å². The van der Waals surface area contributed by atoms with Gasteiger partial charge >= 0.3 is 0 Å². The van der Waals surface area contributed by atoms with Crippen LogP contribution in [0, 0.1) is 0 Å². The van der Waals surface area contributed by atoms with Crippen molar-refractivity contribution in [1.29, 1.82) is 0 Å². The van der Waals surface area contributed by atoms with Gasteiger partial charge in [-0.05, 0) is 23.1 Å². The van der Waals surface area contributed by atoms with Crippen LogP contribution in [0.15, 0.2) is 48.5 Å². The zero-order valence-electron chi connectivity index (χ0n) is 9.77. The molecule has 2 aromatic rings. The van der Waals surface area contributed by atoms with Crippen LogP contribution in [-0.2, 0) is 0 Å². The fourth-order valence-electron chi connectivity index (χ4n) is 1.99. The maximum absolute atomic E-state index is 6.02. The van der Waals surface area contributed by atoms with Gasteiger partial charge in [-0.1, -0.05) is 56.3 Å². The van der Waals surface area contributed by atoms with Gasteiger partial charge < -0.3 is 5.73 Å². The molecule has 0 atom stereocenters. The zero-order chi connectivity index (χ0) is 11.5. The summed E-state index contributed by atoms with van der Waals surface area (Å²) in [5.74, 6) is 0.510. The van der Waals surface area contributed by atoms with E-state index in [4.69, 9.17) is 5.73 Å². The number of anilines is 1. The summed E-state index contributed by atoms with van der Waals surface area (Å²) in [5, 5.41) is 0. The molecule has 0 spiro atoms.